The van der Waals surface area contributed by atoms with E-state index in [1.54, 1.807) is 30.3 Å². The number of amides is 2. The molecule has 140 valence electrons. The first kappa shape index (κ1) is 18.7. The second-order valence-corrected chi connectivity index (χ2v) is 7.57. The van der Waals surface area contributed by atoms with Gasteiger partial charge in [-0.1, -0.05) is 32.9 Å². The first-order chi connectivity index (χ1) is 12.8. The lowest BCUT2D eigenvalue weighted by Gasteiger charge is -2.18. The number of rotatable bonds is 4. The molecule has 1 aliphatic rings. The number of anilines is 2. The van der Waals surface area contributed by atoms with Crippen LogP contribution in [-0.4, -0.2) is 18.4 Å². The third-order valence-corrected chi connectivity index (χ3v) is 4.21. The maximum atomic E-state index is 12.2. The molecular weight excluding hydrogens is 340 g/mol. The fraction of sp³-hybridized carbons (Fsp3) is 0.273. The number of carbonyl (C=O) groups is 2. The van der Waals surface area contributed by atoms with Gasteiger partial charge in [-0.15, -0.1) is 0 Å². The zero-order valence-electron chi connectivity index (χ0n) is 15.8. The van der Waals surface area contributed by atoms with Gasteiger partial charge in [0.15, 0.2) is 0 Å². The summed E-state index contributed by atoms with van der Waals surface area (Å²) in [5.74, 6) is 0.614. The summed E-state index contributed by atoms with van der Waals surface area (Å²) in [5, 5.41) is 5.67. The first-order valence-corrected chi connectivity index (χ1v) is 8.97. The topological polar surface area (TPSA) is 67.4 Å². The Hall–Kier alpha value is -3.08. The van der Waals surface area contributed by atoms with E-state index in [-0.39, 0.29) is 11.8 Å². The average molecular weight is 364 g/mol. The van der Waals surface area contributed by atoms with Gasteiger partial charge in [0.1, 0.15) is 5.75 Å². The Labute approximate surface area is 159 Å². The molecular formula is C22H24N2O3. The monoisotopic (exact) mass is 364 g/mol. The zero-order chi connectivity index (χ0) is 19.4. The van der Waals surface area contributed by atoms with E-state index in [2.05, 4.69) is 10.6 Å². The van der Waals surface area contributed by atoms with Crippen LogP contribution in [0, 0.1) is 5.41 Å². The van der Waals surface area contributed by atoms with Gasteiger partial charge in [0.05, 0.1) is 6.61 Å². The van der Waals surface area contributed by atoms with Crippen molar-refractivity contribution in [1.29, 1.82) is 0 Å². The van der Waals surface area contributed by atoms with E-state index < -0.39 is 5.41 Å². The fourth-order valence-corrected chi connectivity index (χ4v) is 2.66. The van der Waals surface area contributed by atoms with Crippen molar-refractivity contribution in [2.45, 2.75) is 27.2 Å². The smallest absolute Gasteiger partial charge is 0.248 e. The van der Waals surface area contributed by atoms with Crippen molar-refractivity contribution in [2.24, 2.45) is 5.41 Å². The lowest BCUT2D eigenvalue weighted by molar-refractivity contribution is -0.123. The molecule has 5 heteroatoms. The molecule has 1 heterocycles. The van der Waals surface area contributed by atoms with Gasteiger partial charge in [-0.05, 0) is 47.5 Å². The molecule has 0 bridgehead atoms. The SMILES string of the molecule is CC(C)(C)C(=O)Nc1cccc(NC(=O)/C=C/c2ccc3c(c2)CCO3)c1. The summed E-state index contributed by atoms with van der Waals surface area (Å²) in [6.45, 7) is 6.27. The molecule has 3 rings (SSSR count). The standard InChI is InChI=1S/C22H24N2O3/c1-22(2,3)21(26)24-18-6-4-5-17(14-18)23-20(25)10-8-15-7-9-19-16(13-15)11-12-27-19/h4-10,13-14H,11-12H2,1-3H3,(H,23,25)(H,24,26)/b10-8+. The Kier molecular flexibility index (Phi) is 5.31. The molecule has 0 radical (unpaired) electrons. The molecule has 2 amide bonds. The Bertz CT molecular complexity index is 895. The van der Waals surface area contributed by atoms with Gasteiger partial charge in [-0.2, -0.15) is 0 Å². The normalized spacial score (nSPS) is 13.1. The Morgan fingerprint density at radius 2 is 1.78 bits per heavy atom. The van der Waals surface area contributed by atoms with Gasteiger partial charge >= 0.3 is 0 Å². The summed E-state index contributed by atoms with van der Waals surface area (Å²) in [6, 6.07) is 13.0. The molecule has 27 heavy (non-hydrogen) atoms. The van der Waals surface area contributed by atoms with Crippen molar-refractivity contribution in [3.63, 3.8) is 0 Å². The highest BCUT2D eigenvalue weighted by atomic mass is 16.5. The minimum absolute atomic E-state index is 0.0774. The minimum Gasteiger partial charge on any atom is -0.493 e. The number of benzene rings is 2. The van der Waals surface area contributed by atoms with Gasteiger partial charge in [-0.25, -0.2) is 0 Å². The van der Waals surface area contributed by atoms with E-state index >= 15 is 0 Å². The molecule has 0 unspecified atom stereocenters. The van der Waals surface area contributed by atoms with E-state index in [1.165, 1.54) is 11.6 Å². The highest BCUT2D eigenvalue weighted by Gasteiger charge is 2.21. The number of nitrogens with one attached hydrogen (secondary N) is 2. The lowest BCUT2D eigenvalue weighted by Crippen LogP contribution is -2.27. The number of fused-ring (bicyclic) bond motifs is 1. The molecule has 2 aromatic carbocycles. The van der Waals surface area contributed by atoms with Crippen molar-refractivity contribution in [3.05, 3.63) is 59.7 Å². The molecule has 5 nitrogen and oxygen atoms in total. The number of ether oxygens (including phenoxy) is 1. The Morgan fingerprint density at radius 1 is 1.04 bits per heavy atom. The van der Waals surface area contributed by atoms with E-state index in [0.29, 0.717) is 18.0 Å². The largest absolute Gasteiger partial charge is 0.493 e. The summed E-state index contributed by atoms with van der Waals surface area (Å²) >= 11 is 0. The van der Waals surface area contributed by atoms with Crippen molar-refractivity contribution >= 4 is 29.3 Å². The van der Waals surface area contributed by atoms with Crippen molar-refractivity contribution in [2.75, 3.05) is 17.2 Å². The number of hydrogen-bond acceptors (Lipinski definition) is 3. The summed E-state index contributed by atoms with van der Waals surface area (Å²) in [5.41, 5.74) is 2.91. The number of hydrogen-bond donors (Lipinski definition) is 2. The van der Waals surface area contributed by atoms with Crippen LogP contribution in [0.3, 0.4) is 0 Å². The predicted octanol–water partition coefficient (Wildman–Crippen LogP) is 4.26. The van der Waals surface area contributed by atoms with E-state index in [0.717, 1.165) is 17.7 Å². The van der Waals surface area contributed by atoms with Gasteiger partial charge in [0.2, 0.25) is 11.8 Å². The van der Waals surface area contributed by atoms with E-state index in [9.17, 15) is 9.59 Å². The van der Waals surface area contributed by atoms with E-state index in [4.69, 9.17) is 4.74 Å². The van der Waals surface area contributed by atoms with Gasteiger partial charge in [-0.3, -0.25) is 9.59 Å². The molecule has 0 aromatic heterocycles. The number of carbonyl (C=O) groups excluding carboxylic acids is 2. The lowest BCUT2D eigenvalue weighted by atomic mass is 9.95. The third kappa shape index (κ3) is 4.97. The maximum absolute atomic E-state index is 12.2. The van der Waals surface area contributed by atoms with E-state index in [1.807, 2.05) is 39.0 Å². The highest BCUT2D eigenvalue weighted by Crippen LogP contribution is 2.26. The quantitative estimate of drug-likeness (QED) is 0.797. The molecule has 0 spiro atoms. The fourth-order valence-electron chi connectivity index (χ4n) is 2.66. The Balaban J connectivity index is 1.62. The summed E-state index contributed by atoms with van der Waals surface area (Å²) in [4.78, 5) is 24.3. The van der Waals surface area contributed by atoms with Crippen molar-refractivity contribution in [3.8, 4) is 5.75 Å². The van der Waals surface area contributed by atoms with Crippen LogP contribution in [0.4, 0.5) is 11.4 Å². The molecule has 0 fully saturated rings. The van der Waals surface area contributed by atoms with Crippen LogP contribution < -0.4 is 15.4 Å². The highest BCUT2D eigenvalue weighted by molar-refractivity contribution is 6.02. The van der Waals surface area contributed by atoms with Crippen LogP contribution in [0.15, 0.2) is 48.5 Å². The molecule has 0 saturated heterocycles. The van der Waals surface area contributed by atoms with Crippen LogP contribution in [-0.2, 0) is 16.0 Å². The predicted molar refractivity (Wildman–Crippen MR) is 108 cm³/mol. The summed E-state index contributed by atoms with van der Waals surface area (Å²) in [7, 11) is 0. The summed E-state index contributed by atoms with van der Waals surface area (Å²) in [6.07, 6.45) is 4.17. The molecule has 2 aromatic rings. The maximum Gasteiger partial charge on any atom is 0.248 e. The van der Waals surface area contributed by atoms with Crippen molar-refractivity contribution < 1.29 is 14.3 Å². The van der Waals surface area contributed by atoms with Crippen LogP contribution in [0.1, 0.15) is 31.9 Å². The minimum atomic E-state index is -0.483. The van der Waals surface area contributed by atoms with Crippen molar-refractivity contribution in [1.82, 2.24) is 0 Å². The second-order valence-electron chi connectivity index (χ2n) is 7.57. The van der Waals surface area contributed by atoms with Crippen LogP contribution in [0.5, 0.6) is 5.75 Å². The van der Waals surface area contributed by atoms with Gasteiger partial charge < -0.3 is 15.4 Å². The molecule has 0 saturated carbocycles. The summed E-state index contributed by atoms with van der Waals surface area (Å²) < 4.78 is 5.48. The molecule has 2 N–H and O–H groups in total. The first-order valence-electron chi connectivity index (χ1n) is 8.97. The van der Waals surface area contributed by atoms with Gasteiger partial charge in [0.25, 0.3) is 0 Å². The van der Waals surface area contributed by atoms with Crippen LogP contribution in [0.25, 0.3) is 6.08 Å². The molecule has 0 atom stereocenters. The third-order valence-electron chi connectivity index (χ3n) is 4.21. The van der Waals surface area contributed by atoms with Gasteiger partial charge in [0, 0.05) is 29.3 Å². The molecule has 1 aliphatic heterocycles. The van der Waals surface area contributed by atoms with Crippen LogP contribution in [0.2, 0.25) is 0 Å². The second kappa shape index (κ2) is 7.66. The zero-order valence-corrected chi connectivity index (χ0v) is 15.8. The average Bonchev–Trinajstić information content (AvgIpc) is 3.07. The molecule has 0 aliphatic carbocycles. The van der Waals surface area contributed by atoms with Crippen LogP contribution >= 0.6 is 0 Å². The Morgan fingerprint density at radius 3 is 2.52 bits per heavy atom.